The molecule has 1 aliphatic heterocycles. The molecule has 10 nitrogen and oxygen atoms in total. The Morgan fingerprint density at radius 2 is 1.57 bits per heavy atom. The minimum Gasteiger partial charge on any atom is -0.386 e. The van der Waals surface area contributed by atoms with Gasteiger partial charge in [-0.3, -0.25) is 19.4 Å². The number of hydrogen-bond donors (Lipinski definition) is 2. The van der Waals surface area contributed by atoms with Crippen LogP contribution in [0.4, 0.5) is 0 Å². The largest absolute Gasteiger partial charge is 0.386 e. The number of aliphatic imine (C=N–C) groups is 1. The number of carbonyl (C=O) groups excluding carboxylic acids is 3. The molecule has 4 atom stereocenters. The highest BCUT2D eigenvalue weighted by Crippen LogP contribution is 2.48. The number of benzene rings is 2. The van der Waals surface area contributed by atoms with Gasteiger partial charge in [0, 0.05) is 58.4 Å². The Hall–Kier alpha value is -4.23. The van der Waals surface area contributed by atoms with Crippen LogP contribution in [0, 0.1) is 17.2 Å². The van der Waals surface area contributed by atoms with Gasteiger partial charge in [0.1, 0.15) is 11.9 Å². The van der Waals surface area contributed by atoms with E-state index < -0.39 is 5.41 Å². The highest BCUT2D eigenvalue weighted by Gasteiger charge is 2.54. The van der Waals surface area contributed by atoms with E-state index in [2.05, 4.69) is 16.4 Å². The second-order valence-electron chi connectivity index (χ2n) is 12.9. The number of fused-ring (bicyclic) bond motifs is 3. The fourth-order valence-electron chi connectivity index (χ4n) is 7.24. The normalized spacial score (nSPS) is 22.1. The summed E-state index contributed by atoms with van der Waals surface area (Å²) in [5.41, 5.74) is 11.1. The molecular weight excluding hydrogens is 554 g/mol. The van der Waals surface area contributed by atoms with Gasteiger partial charge in [-0.05, 0) is 91.5 Å². The zero-order valence-corrected chi connectivity index (χ0v) is 26.6. The first-order valence-electron chi connectivity index (χ1n) is 15.3. The van der Waals surface area contributed by atoms with E-state index in [9.17, 15) is 19.6 Å². The van der Waals surface area contributed by atoms with E-state index >= 15 is 0 Å². The topological polar surface area (TPSA) is 135 Å². The molecule has 1 saturated carbocycles. The van der Waals surface area contributed by atoms with Crippen molar-refractivity contribution >= 4 is 23.6 Å². The van der Waals surface area contributed by atoms with E-state index in [1.807, 2.05) is 43.3 Å². The Kier molecular flexibility index (Phi) is 8.54. The molecule has 1 heterocycles. The minimum atomic E-state index is -0.880. The zero-order valence-electron chi connectivity index (χ0n) is 26.6. The smallest absolute Gasteiger partial charge is 0.253 e. The highest BCUT2D eigenvalue weighted by atomic mass is 16.2. The number of nitriles is 1. The molecule has 0 radical (unpaired) electrons. The fraction of sp³-hybridized carbons (Fsp3) is 0.500. The summed E-state index contributed by atoms with van der Waals surface area (Å²) in [4.78, 5) is 48.6. The molecule has 2 aromatic carbocycles. The molecule has 0 spiro atoms. The molecular formula is C34H43N7O3. The highest BCUT2D eigenvalue weighted by molar-refractivity contribution is 5.99. The van der Waals surface area contributed by atoms with Gasteiger partial charge in [0.15, 0.2) is 0 Å². The zero-order chi connectivity index (χ0) is 31.9. The molecule has 232 valence electrons. The maximum absolute atomic E-state index is 13.3. The lowest BCUT2D eigenvalue weighted by atomic mass is 9.67. The molecule has 44 heavy (non-hydrogen) atoms. The van der Waals surface area contributed by atoms with E-state index in [0.29, 0.717) is 42.1 Å². The third kappa shape index (κ3) is 5.45. The van der Waals surface area contributed by atoms with Crippen molar-refractivity contribution in [1.29, 1.82) is 5.26 Å². The quantitative estimate of drug-likeness (QED) is 0.354. The van der Waals surface area contributed by atoms with Crippen LogP contribution >= 0.6 is 0 Å². The molecule has 0 aromatic heterocycles. The number of likely N-dealkylation sites (tertiary alicyclic amines) is 1. The maximum Gasteiger partial charge on any atom is 0.253 e. The van der Waals surface area contributed by atoms with Crippen LogP contribution in [0.15, 0.2) is 41.4 Å². The van der Waals surface area contributed by atoms with Crippen LogP contribution in [-0.4, -0.2) is 98.2 Å². The van der Waals surface area contributed by atoms with Crippen molar-refractivity contribution in [3.8, 4) is 6.07 Å². The number of nitrogens with two attached hydrogens (primary N) is 1. The predicted molar refractivity (Wildman–Crippen MR) is 169 cm³/mol. The number of piperidine rings is 1. The van der Waals surface area contributed by atoms with Crippen LogP contribution in [0.1, 0.15) is 69.2 Å². The van der Waals surface area contributed by atoms with Gasteiger partial charge in [-0.1, -0.05) is 12.1 Å². The molecule has 2 fully saturated rings. The maximum atomic E-state index is 13.3. The lowest BCUT2D eigenvalue weighted by molar-refractivity contribution is -0.131. The summed E-state index contributed by atoms with van der Waals surface area (Å²) >= 11 is 0. The van der Waals surface area contributed by atoms with Gasteiger partial charge >= 0.3 is 0 Å². The minimum absolute atomic E-state index is 0.0556. The van der Waals surface area contributed by atoms with Gasteiger partial charge in [0.05, 0.1) is 18.0 Å². The molecule has 2 aromatic rings. The van der Waals surface area contributed by atoms with Gasteiger partial charge in [0.25, 0.3) is 11.8 Å². The van der Waals surface area contributed by atoms with Gasteiger partial charge < -0.3 is 25.8 Å². The lowest BCUT2D eigenvalue weighted by Crippen LogP contribution is -2.49. The Morgan fingerprint density at radius 3 is 2.05 bits per heavy atom. The summed E-state index contributed by atoms with van der Waals surface area (Å²) in [6, 6.07) is 13.5. The number of amides is 3. The number of nitrogens with one attached hydrogen (secondary N) is 1. The van der Waals surface area contributed by atoms with Gasteiger partial charge in [-0.15, -0.1) is 0 Å². The molecule has 1 saturated heterocycles. The summed E-state index contributed by atoms with van der Waals surface area (Å²) in [5, 5.41) is 13.0. The first-order chi connectivity index (χ1) is 20.9. The molecule has 3 N–H and O–H groups in total. The van der Waals surface area contributed by atoms with Crippen LogP contribution in [0.5, 0.6) is 0 Å². The molecule has 5 rings (SSSR count). The van der Waals surface area contributed by atoms with Gasteiger partial charge in [0.2, 0.25) is 5.91 Å². The Labute approximate surface area is 259 Å². The third-order valence-corrected chi connectivity index (χ3v) is 9.53. The fourth-order valence-corrected chi connectivity index (χ4v) is 7.24. The van der Waals surface area contributed by atoms with E-state index in [-0.39, 0.29) is 42.4 Å². The van der Waals surface area contributed by atoms with E-state index in [4.69, 9.17) is 5.73 Å². The Bertz CT molecular complexity index is 1480. The molecule has 3 amide bonds. The van der Waals surface area contributed by atoms with E-state index in [1.165, 1.54) is 0 Å². The third-order valence-electron chi connectivity index (χ3n) is 9.53. The van der Waals surface area contributed by atoms with E-state index in [1.54, 1.807) is 49.9 Å². The number of carbonyl (C=O) groups is 3. The summed E-state index contributed by atoms with van der Waals surface area (Å²) in [6.07, 6.45) is 3.54. The number of amidine groups is 1. The number of aryl methyl sites for hydroxylation is 2. The van der Waals surface area contributed by atoms with Crippen molar-refractivity contribution < 1.29 is 14.4 Å². The van der Waals surface area contributed by atoms with Crippen molar-refractivity contribution in [2.45, 2.75) is 62.6 Å². The number of rotatable bonds is 8. The standard InChI is InChI=1S/C34H43N7O3/c1-20(38-19-30(42)41-26(18-35)15-25-16-29(25)41)17-34(33(36)37-2)27-11-9-23(31(43)39(3)4)13-21(27)7-8-22-14-24(10-12-28(22)34)32(44)40(5)6/h9-14,20,25-26,29,38H,7-8,15-17,19H2,1-6H3,(H2,36,37)/t20-,25+,26?,29-/m0/s1. The molecule has 10 heteroatoms. The van der Waals surface area contributed by atoms with Crippen molar-refractivity contribution in [3.63, 3.8) is 0 Å². The molecule has 1 unspecified atom stereocenters. The SMILES string of the molecule is CN=C(N)C1(C[C@H](C)NCC(=O)N2C(C#N)C[C@@H]3C[C@@H]32)c2ccc(C(=O)N(C)C)cc2CCc2cc(C(=O)N(C)C)ccc21. The summed E-state index contributed by atoms with van der Waals surface area (Å²) in [6.45, 7) is 2.15. The van der Waals surface area contributed by atoms with Crippen molar-refractivity contribution in [1.82, 2.24) is 20.0 Å². The second-order valence-corrected chi connectivity index (χ2v) is 12.9. The lowest BCUT2D eigenvalue weighted by Gasteiger charge is -2.38. The second kappa shape index (κ2) is 12.0. The van der Waals surface area contributed by atoms with Gasteiger partial charge in [-0.25, -0.2) is 0 Å². The first kappa shape index (κ1) is 31.2. The summed E-state index contributed by atoms with van der Waals surface area (Å²) < 4.78 is 0. The van der Waals surface area contributed by atoms with Crippen molar-refractivity contribution in [3.05, 3.63) is 69.8 Å². The molecule has 2 aliphatic carbocycles. The molecule has 3 aliphatic rings. The predicted octanol–water partition coefficient (Wildman–Crippen LogP) is 2.34. The average molecular weight is 598 g/mol. The van der Waals surface area contributed by atoms with Crippen molar-refractivity contribution in [2.24, 2.45) is 16.6 Å². The van der Waals surface area contributed by atoms with Crippen LogP contribution < -0.4 is 11.1 Å². The van der Waals surface area contributed by atoms with Crippen LogP contribution in [0.2, 0.25) is 0 Å². The average Bonchev–Trinajstić information content (AvgIpc) is 3.71. The van der Waals surface area contributed by atoms with Gasteiger partial charge in [-0.2, -0.15) is 5.26 Å². The van der Waals surface area contributed by atoms with Crippen molar-refractivity contribution in [2.75, 3.05) is 41.8 Å². The molecule has 0 bridgehead atoms. The monoisotopic (exact) mass is 597 g/mol. The number of hydrogen-bond acceptors (Lipinski definition) is 6. The summed E-state index contributed by atoms with van der Waals surface area (Å²) in [5.74, 6) is 0.655. The Balaban J connectivity index is 1.55. The Morgan fingerprint density at radius 1 is 1.02 bits per heavy atom. The van der Waals surface area contributed by atoms with E-state index in [0.717, 1.165) is 35.1 Å². The summed E-state index contributed by atoms with van der Waals surface area (Å²) in [7, 11) is 8.62. The van der Waals surface area contributed by atoms with Crippen LogP contribution in [0.25, 0.3) is 0 Å². The van der Waals surface area contributed by atoms with Crippen LogP contribution in [-0.2, 0) is 23.1 Å². The number of nitrogens with zero attached hydrogens (tertiary/aromatic N) is 5. The first-order valence-corrected chi connectivity index (χ1v) is 15.3. The van der Waals surface area contributed by atoms with Crippen LogP contribution in [0.3, 0.4) is 0 Å².